The van der Waals surface area contributed by atoms with Crippen molar-refractivity contribution in [3.05, 3.63) is 59.7 Å². The van der Waals surface area contributed by atoms with Gasteiger partial charge in [-0.05, 0) is 49.1 Å². The van der Waals surface area contributed by atoms with Gasteiger partial charge in [-0.2, -0.15) is 0 Å². The van der Waals surface area contributed by atoms with Crippen molar-refractivity contribution >= 4 is 23.3 Å². The molecule has 1 heterocycles. The number of carbonyl (C=O) groups excluding carboxylic acids is 2. The fraction of sp³-hybridized carbons (Fsp3) is 0.333. The maximum Gasteiger partial charge on any atom is 0.312 e. The molecule has 0 radical (unpaired) electrons. The van der Waals surface area contributed by atoms with Crippen LogP contribution in [0.5, 0.6) is 0 Å². The second kappa shape index (κ2) is 8.58. The average molecular weight is 366 g/mol. The predicted octanol–water partition coefficient (Wildman–Crippen LogP) is 2.81. The van der Waals surface area contributed by atoms with Gasteiger partial charge in [0, 0.05) is 30.9 Å². The number of aryl methyl sites for hydroxylation is 1. The summed E-state index contributed by atoms with van der Waals surface area (Å²) in [5.41, 5.74) is 9.25. The molecule has 0 spiro atoms. The topological polar surface area (TPSA) is 87.5 Å². The number of carbonyl (C=O) groups is 2. The molecule has 4 N–H and O–H groups in total. The summed E-state index contributed by atoms with van der Waals surface area (Å²) in [5.74, 6) is -0.286. The highest BCUT2D eigenvalue weighted by Gasteiger charge is 2.21. The second-order valence-electron chi connectivity index (χ2n) is 6.94. The van der Waals surface area contributed by atoms with E-state index in [1.54, 1.807) is 0 Å². The first-order valence-electron chi connectivity index (χ1n) is 9.29. The first kappa shape index (κ1) is 18.8. The number of nitrogens with two attached hydrogens (primary N) is 1. The summed E-state index contributed by atoms with van der Waals surface area (Å²) in [4.78, 5) is 26.4. The van der Waals surface area contributed by atoms with Crippen molar-refractivity contribution in [2.45, 2.75) is 32.2 Å². The summed E-state index contributed by atoms with van der Waals surface area (Å²) in [7, 11) is 0. The molecule has 6 heteroatoms. The number of anilines is 2. The van der Waals surface area contributed by atoms with Crippen LogP contribution in [0.25, 0.3) is 0 Å². The Morgan fingerprint density at radius 1 is 1.11 bits per heavy atom. The molecule has 6 nitrogen and oxygen atoms in total. The Bertz CT molecular complexity index is 801. The lowest BCUT2D eigenvalue weighted by atomic mass is 10.0. The minimum Gasteiger partial charge on any atom is -0.371 e. The molecule has 0 aliphatic carbocycles. The van der Waals surface area contributed by atoms with Gasteiger partial charge in [-0.15, -0.1) is 0 Å². The van der Waals surface area contributed by atoms with Crippen molar-refractivity contribution < 1.29 is 9.59 Å². The first-order valence-corrected chi connectivity index (χ1v) is 9.29. The van der Waals surface area contributed by atoms with Crippen molar-refractivity contribution in [1.82, 2.24) is 5.32 Å². The van der Waals surface area contributed by atoms with E-state index in [1.165, 1.54) is 18.5 Å². The van der Waals surface area contributed by atoms with E-state index in [0.29, 0.717) is 12.1 Å². The van der Waals surface area contributed by atoms with Gasteiger partial charge in [0.25, 0.3) is 0 Å². The molecule has 1 atom stereocenters. The van der Waals surface area contributed by atoms with E-state index in [4.69, 9.17) is 5.73 Å². The summed E-state index contributed by atoms with van der Waals surface area (Å²) >= 11 is 0. The number of hydrogen-bond donors (Lipinski definition) is 3. The minimum atomic E-state index is -0.733. The predicted molar refractivity (Wildman–Crippen MR) is 108 cm³/mol. The number of urea groups is 1. The van der Waals surface area contributed by atoms with Crippen LogP contribution in [0.15, 0.2) is 48.5 Å². The molecule has 2 aromatic carbocycles. The SMILES string of the molecule is Cc1cc(NC(=O)[C@@H](Cc2ccccc2)NC(N)=O)ccc1N1CCCC1. The van der Waals surface area contributed by atoms with Gasteiger partial charge in [0.05, 0.1) is 0 Å². The number of amides is 3. The molecule has 1 fully saturated rings. The number of benzene rings is 2. The molecular weight excluding hydrogens is 340 g/mol. The fourth-order valence-corrected chi connectivity index (χ4v) is 3.51. The van der Waals surface area contributed by atoms with E-state index in [2.05, 4.69) is 15.5 Å². The third kappa shape index (κ3) is 5.00. The molecule has 1 saturated heterocycles. The Morgan fingerprint density at radius 3 is 2.44 bits per heavy atom. The maximum absolute atomic E-state index is 12.7. The highest BCUT2D eigenvalue weighted by molar-refractivity contribution is 5.97. The summed E-state index contributed by atoms with van der Waals surface area (Å²) in [6.45, 7) is 4.20. The number of primary amides is 1. The molecule has 1 aliphatic rings. The normalized spacial score (nSPS) is 14.6. The maximum atomic E-state index is 12.7. The monoisotopic (exact) mass is 366 g/mol. The van der Waals surface area contributed by atoms with Crippen molar-refractivity contribution in [3.8, 4) is 0 Å². The Morgan fingerprint density at radius 2 is 1.81 bits per heavy atom. The zero-order valence-corrected chi connectivity index (χ0v) is 15.6. The summed E-state index contributed by atoms with van der Waals surface area (Å²) < 4.78 is 0. The summed E-state index contributed by atoms with van der Waals surface area (Å²) in [5, 5.41) is 5.44. The number of rotatable bonds is 6. The molecule has 142 valence electrons. The molecule has 1 aliphatic heterocycles. The van der Waals surface area contributed by atoms with Crippen LogP contribution in [0.3, 0.4) is 0 Å². The van der Waals surface area contributed by atoms with Gasteiger partial charge >= 0.3 is 6.03 Å². The highest BCUT2D eigenvalue weighted by atomic mass is 16.2. The molecule has 0 aromatic heterocycles. The molecule has 0 bridgehead atoms. The number of nitrogens with one attached hydrogen (secondary N) is 2. The lowest BCUT2D eigenvalue weighted by molar-refractivity contribution is -0.117. The largest absolute Gasteiger partial charge is 0.371 e. The van der Waals surface area contributed by atoms with Gasteiger partial charge in [-0.3, -0.25) is 4.79 Å². The van der Waals surface area contributed by atoms with Crippen LogP contribution in [0.1, 0.15) is 24.0 Å². The van der Waals surface area contributed by atoms with E-state index in [1.807, 2.05) is 55.5 Å². The zero-order valence-electron chi connectivity index (χ0n) is 15.6. The van der Waals surface area contributed by atoms with Gasteiger partial charge in [0.15, 0.2) is 0 Å². The van der Waals surface area contributed by atoms with E-state index < -0.39 is 12.1 Å². The van der Waals surface area contributed by atoms with Gasteiger partial charge in [0.2, 0.25) is 5.91 Å². The van der Waals surface area contributed by atoms with E-state index in [-0.39, 0.29) is 5.91 Å². The van der Waals surface area contributed by atoms with Gasteiger partial charge in [-0.1, -0.05) is 30.3 Å². The van der Waals surface area contributed by atoms with Crippen LogP contribution in [-0.4, -0.2) is 31.1 Å². The number of nitrogens with zero attached hydrogens (tertiary/aromatic N) is 1. The van der Waals surface area contributed by atoms with Crippen molar-refractivity contribution in [1.29, 1.82) is 0 Å². The molecule has 3 rings (SSSR count). The van der Waals surface area contributed by atoms with Crippen molar-refractivity contribution in [3.63, 3.8) is 0 Å². The highest BCUT2D eigenvalue weighted by Crippen LogP contribution is 2.26. The quantitative estimate of drug-likeness (QED) is 0.735. The van der Waals surface area contributed by atoms with Gasteiger partial charge in [-0.25, -0.2) is 4.79 Å². The summed E-state index contributed by atoms with van der Waals surface area (Å²) in [6.07, 6.45) is 2.82. The second-order valence-corrected chi connectivity index (χ2v) is 6.94. The Kier molecular flexibility index (Phi) is 5.96. The smallest absolute Gasteiger partial charge is 0.312 e. The lowest BCUT2D eigenvalue weighted by Crippen LogP contribution is -2.47. The van der Waals surface area contributed by atoms with Crippen LogP contribution in [0.4, 0.5) is 16.2 Å². The van der Waals surface area contributed by atoms with E-state index in [0.717, 1.165) is 24.2 Å². The minimum absolute atomic E-state index is 0.286. The molecule has 0 saturated carbocycles. The van der Waals surface area contributed by atoms with Crippen LogP contribution in [-0.2, 0) is 11.2 Å². The molecule has 27 heavy (non-hydrogen) atoms. The van der Waals surface area contributed by atoms with Crippen molar-refractivity contribution in [2.75, 3.05) is 23.3 Å². The standard InChI is InChI=1S/C21H26N4O2/c1-15-13-17(9-10-19(15)25-11-5-6-12-25)23-20(26)18(24-21(22)27)14-16-7-3-2-4-8-16/h2-4,7-10,13,18H,5-6,11-12,14H2,1H3,(H,23,26)(H3,22,24,27)/t18-/m1/s1. The molecule has 2 aromatic rings. The van der Waals surface area contributed by atoms with E-state index in [9.17, 15) is 9.59 Å². The Labute approximate surface area is 159 Å². The third-order valence-corrected chi connectivity index (χ3v) is 4.83. The zero-order chi connectivity index (χ0) is 19.2. The lowest BCUT2D eigenvalue weighted by Gasteiger charge is -2.21. The Hall–Kier alpha value is -3.02. The molecule has 0 unspecified atom stereocenters. The third-order valence-electron chi connectivity index (χ3n) is 4.83. The average Bonchev–Trinajstić information content (AvgIpc) is 3.16. The van der Waals surface area contributed by atoms with Crippen molar-refractivity contribution in [2.24, 2.45) is 5.73 Å². The van der Waals surface area contributed by atoms with E-state index >= 15 is 0 Å². The molecular formula is C21H26N4O2. The fourth-order valence-electron chi connectivity index (χ4n) is 3.51. The van der Waals surface area contributed by atoms with Crippen LogP contribution < -0.4 is 21.3 Å². The Balaban J connectivity index is 1.70. The van der Waals surface area contributed by atoms with Crippen LogP contribution in [0.2, 0.25) is 0 Å². The van der Waals surface area contributed by atoms with Crippen LogP contribution in [0, 0.1) is 6.92 Å². The van der Waals surface area contributed by atoms with Gasteiger partial charge in [0.1, 0.15) is 6.04 Å². The first-order chi connectivity index (χ1) is 13.0. The summed E-state index contributed by atoms with van der Waals surface area (Å²) in [6, 6.07) is 14.0. The van der Waals surface area contributed by atoms with Gasteiger partial charge < -0.3 is 21.3 Å². The number of hydrogen-bond acceptors (Lipinski definition) is 3. The molecule has 3 amide bonds. The van der Waals surface area contributed by atoms with Crippen LogP contribution >= 0.6 is 0 Å².